The van der Waals surface area contributed by atoms with Gasteiger partial charge in [0, 0.05) is 7.11 Å². The van der Waals surface area contributed by atoms with Crippen LogP contribution in [0.4, 0.5) is 0 Å². The van der Waals surface area contributed by atoms with Crippen LogP contribution in [0.1, 0.15) is 59.3 Å². The Morgan fingerprint density at radius 1 is 0.950 bits per heavy atom. The fourth-order valence-corrected chi connectivity index (χ4v) is 2.07. The summed E-state index contributed by atoms with van der Waals surface area (Å²) in [6, 6.07) is 0. The molecule has 0 aromatic carbocycles. The van der Waals surface area contributed by atoms with Crippen LogP contribution in [0.25, 0.3) is 0 Å². The number of ether oxygens (including phenoxy) is 1. The zero-order valence-electron chi connectivity index (χ0n) is 14.2. The molecule has 0 aromatic rings. The van der Waals surface area contributed by atoms with Gasteiger partial charge in [-0.2, -0.15) is 0 Å². The van der Waals surface area contributed by atoms with Crippen LogP contribution in [0.5, 0.6) is 0 Å². The first-order valence-corrected chi connectivity index (χ1v) is 7.98. The second-order valence-corrected chi connectivity index (χ2v) is 5.66. The largest absolute Gasteiger partial charge is 0.548 e. The van der Waals surface area contributed by atoms with Crippen molar-refractivity contribution in [2.45, 2.75) is 59.3 Å². The van der Waals surface area contributed by atoms with Gasteiger partial charge in [-0.15, -0.1) is 0 Å². The van der Waals surface area contributed by atoms with E-state index in [0.29, 0.717) is 0 Å². The van der Waals surface area contributed by atoms with Gasteiger partial charge in [-0.1, -0.05) is 40.0 Å². The van der Waals surface area contributed by atoms with Gasteiger partial charge >= 0.3 is 0 Å². The van der Waals surface area contributed by atoms with Crippen LogP contribution in [0.2, 0.25) is 0 Å². The molecule has 0 aliphatic heterocycles. The second-order valence-electron chi connectivity index (χ2n) is 5.66. The lowest BCUT2D eigenvalue weighted by atomic mass is 10.2. The summed E-state index contributed by atoms with van der Waals surface area (Å²) in [4.78, 5) is 9.36. The fourth-order valence-electron chi connectivity index (χ4n) is 2.07. The molecule has 0 aromatic heterocycles. The summed E-state index contributed by atoms with van der Waals surface area (Å²) in [6.45, 7) is 10.7. The fraction of sp³-hybridized carbons (Fsp3) is 0.938. The van der Waals surface area contributed by atoms with E-state index < -0.39 is 5.97 Å². The van der Waals surface area contributed by atoms with Crippen molar-refractivity contribution in [3.63, 3.8) is 0 Å². The molecule has 20 heavy (non-hydrogen) atoms. The molecule has 0 unspecified atom stereocenters. The molecule has 0 bridgehead atoms. The number of hydrogen-bond acceptors (Lipinski definition) is 3. The van der Waals surface area contributed by atoms with Gasteiger partial charge in [-0.25, -0.2) is 0 Å². The van der Waals surface area contributed by atoms with Crippen molar-refractivity contribution in [3.05, 3.63) is 0 Å². The van der Waals surface area contributed by atoms with E-state index in [-0.39, 0.29) is 6.61 Å². The Bertz CT molecular complexity index is 198. The third-order valence-electron chi connectivity index (χ3n) is 3.42. The number of quaternary nitrogens is 1. The van der Waals surface area contributed by atoms with Gasteiger partial charge in [0.15, 0.2) is 0 Å². The van der Waals surface area contributed by atoms with Gasteiger partial charge in [-0.05, 0) is 19.3 Å². The summed E-state index contributed by atoms with van der Waals surface area (Å²) in [5.74, 6) is -1.18. The predicted octanol–water partition coefficient (Wildman–Crippen LogP) is 2.22. The number of carbonyl (C=O) groups is 1. The molecule has 0 aliphatic carbocycles. The molecule has 4 heteroatoms. The van der Waals surface area contributed by atoms with Crippen molar-refractivity contribution < 1.29 is 19.1 Å². The van der Waals surface area contributed by atoms with Crippen molar-refractivity contribution in [3.8, 4) is 0 Å². The summed E-state index contributed by atoms with van der Waals surface area (Å²) in [5.41, 5.74) is 0. The number of carboxylic acid groups (broad SMARTS) is 1. The molecule has 4 nitrogen and oxygen atoms in total. The standard InChI is InChI=1S/C13H30N.C3H6O3/c1-5-8-11-14(4,12-9-6-2)13-10-7-3;1-6-2-3(4)5/h5-13H2,1-4H3;2H2,1H3,(H,4,5)/q+1;/p-1. The number of rotatable bonds is 11. The molecular weight excluding hydrogens is 254 g/mol. The molecule has 0 fully saturated rings. The molecule has 0 aliphatic rings. The summed E-state index contributed by atoms with van der Waals surface area (Å²) >= 11 is 0. The topological polar surface area (TPSA) is 49.4 Å². The number of hydrogen-bond donors (Lipinski definition) is 0. The smallest absolute Gasteiger partial charge is 0.0857 e. The SMILES string of the molecule is CCCC[N+](C)(CCCC)CCCC.COCC(=O)[O-]. The average Bonchev–Trinajstić information content (AvgIpc) is 2.41. The molecular formula is C16H35NO3. The predicted molar refractivity (Wildman–Crippen MR) is 82.4 cm³/mol. The minimum atomic E-state index is -1.18. The van der Waals surface area contributed by atoms with Crippen LogP contribution in [0.15, 0.2) is 0 Å². The first kappa shape index (κ1) is 21.7. The number of unbranched alkanes of at least 4 members (excludes halogenated alkanes) is 3. The van der Waals surface area contributed by atoms with Crippen LogP contribution < -0.4 is 5.11 Å². The van der Waals surface area contributed by atoms with E-state index in [2.05, 4.69) is 32.6 Å². The quantitative estimate of drug-likeness (QED) is 0.548. The lowest BCUT2D eigenvalue weighted by molar-refractivity contribution is -0.910. The van der Waals surface area contributed by atoms with E-state index in [1.54, 1.807) is 0 Å². The number of carbonyl (C=O) groups excluding carboxylic acids is 1. The van der Waals surface area contributed by atoms with Gasteiger partial charge in [0.1, 0.15) is 0 Å². The van der Waals surface area contributed by atoms with E-state index in [1.165, 1.54) is 69.8 Å². The Morgan fingerprint density at radius 3 is 1.45 bits per heavy atom. The van der Waals surface area contributed by atoms with Gasteiger partial charge in [0.05, 0.1) is 39.3 Å². The molecule has 0 saturated heterocycles. The van der Waals surface area contributed by atoms with E-state index in [1.807, 2.05) is 0 Å². The molecule has 122 valence electrons. The number of nitrogens with zero attached hydrogens (tertiary/aromatic N) is 1. The third kappa shape index (κ3) is 15.4. The maximum atomic E-state index is 9.36. The van der Waals surface area contributed by atoms with E-state index in [0.717, 1.165) is 0 Å². The van der Waals surface area contributed by atoms with Crippen molar-refractivity contribution in [2.75, 3.05) is 40.4 Å². The zero-order valence-corrected chi connectivity index (χ0v) is 14.2. The van der Waals surface area contributed by atoms with Gasteiger partial charge in [0.25, 0.3) is 0 Å². The Labute approximate surface area is 125 Å². The molecule has 0 atom stereocenters. The average molecular weight is 289 g/mol. The normalized spacial score (nSPS) is 10.8. The lowest BCUT2D eigenvalue weighted by Gasteiger charge is -2.34. The van der Waals surface area contributed by atoms with Gasteiger partial charge in [-0.3, -0.25) is 0 Å². The van der Waals surface area contributed by atoms with Crippen LogP contribution in [0, 0.1) is 0 Å². The van der Waals surface area contributed by atoms with Crippen molar-refractivity contribution in [1.82, 2.24) is 0 Å². The first-order chi connectivity index (χ1) is 9.45. The van der Waals surface area contributed by atoms with Crippen molar-refractivity contribution in [1.29, 1.82) is 0 Å². The highest BCUT2D eigenvalue weighted by Crippen LogP contribution is 2.10. The van der Waals surface area contributed by atoms with Crippen LogP contribution in [-0.2, 0) is 9.53 Å². The molecule has 0 rings (SSSR count). The highest BCUT2D eigenvalue weighted by Gasteiger charge is 2.18. The maximum absolute atomic E-state index is 9.36. The molecule has 0 N–H and O–H groups in total. The van der Waals surface area contributed by atoms with Crippen LogP contribution in [-0.4, -0.2) is 50.9 Å². The van der Waals surface area contributed by atoms with Crippen LogP contribution in [0.3, 0.4) is 0 Å². The van der Waals surface area contributed by atoms with Crippen molar-refractivity contribution >= 4 is 5.97 Å². The van der Waals surface area contributed by atoms with E-state index in [4.69, 9.17) is 0 Å². The third-order valence-corrected chi connectivity index (χ3v) is 3.42. The summed E-state index contributed by atoms with van der Waals surface area (Å²) < 4.78 is 5.46. The van der Waals surface area contributed by atoms with E-state index >= 15 is 0 Å². The first-order valence-electron chi connectivity index (χ1n) is 7.98. The Hall–Kier alpha value is -0.610. The summed E-state index contributed by atoms with van der Waals surface area (Å²) in [6.07, 6.45) is 8.20. The van der Waals surface area contributed by atoms with Crippen LogP contribution >= 0.6 is 0 Å². The Kier molecular flexibility index (Phi) is 16.0. The number of methoxy groups -OCH3 is 1. The molecule has 0 amide bonds. The minimum absolute atomic E-state index is 0.319. The van der Waals surface area contributed by atoms with Crippen molar-refractivity contribution in [2.24, 2.45) is 0 Å². The Morgan fingerprint density at radius 2 is 1.30 bits per heavy atom. The highest BCUT2D eigenvalue weighted by molar-refractivity contribution is 5.65. The molecule has 0 saturated carbocycles. The van der Waals surface area contributed by atoms with E-state index in [9.17, 15) is 9.90 Å². The lowest BCUT2D eigenvalue weighted by Crippen LogP contribution is -2.46. The Balaban J connectivity index is 0. The zero-order chi connectivity index (χ0) is 15.9. The summed E-state index contributed by atoms with van der Waals surface area (Å²) in [5, 5.41) is 9.36. The maximum Gasteiger partial charge on any atom is 0.0857 e. The molecule has 0 spiro atoms. The number of aliphatic carboxylic acids is 1. The number of carboxylic acids is 1. The van der Waals surface area contributed by atoms with Gasteiger partial charge < -0.3 is 19.1 Å². The summed E-state index contributed by atoms with van der Waals surface area (Å²) in [7, 11) is 3.75. The van der Waals surface area contributed by atoms with Gasteiger partial charge in [0.2, 0.25) is 0 Å². The monoisotopic (exact) mass is 289 g/mol. The minimum Gasteiger partial charge on any atom is -0.548 e. The highest BCUT2D eigenvalue weighted by atomic mass is 16.5. The molecule has 0 radical (unpaired) electrons. The molecule has 0 heterocycles. The second kappa shape index (κ2) is 14.8.